The molecule has 2 amide bonds. The second-order valence-corrected chi connectivity index (χ2v) is 7.78. The molecule has 0 aliphatic heterocycles. The summed E-state index contributed by atoms with van der Waals surface area (Å²) in [6.45, 7) is 7.06. The number of rotatable bonds is 5. The number of nitrogens with zero attached hydrogens (tertiary/aromatic N) is 2. The second-order valence-electron chi connectivity index (χ2n) is 6.56. The van der Waals surface area contributed by atoms with Crippen LogP contribution in [-0.2, 0) is 4.79 Å². The van der Waals surface area contributed by atoms with Gasteiger partial charge in [-0.05, 0) is 23.8 Å². The highest BCUT2D eigenvalue weighted by atomic mass is 35.5. The highest BCUT2D eigenvalue weighted by Crippen LogP contribution is 2.28. The molecule has 0 aliphatic carbocycles. The van der Waals surface area contributed by atoms with Crippen LogP contribution in [0.25, 0.3) is 4.85 Å². The van der Waals surface area contributed by atoms with E-state index >= 15 is 0 Å². The van der Waals surface area contributed by atoms with Crippen LogP contribution < -0.4 is 11.1 Å². The number of hydrogen-bond donors (Lipinski definition) is 2. The maximum atomic E-state index is 13.0. The molecular weight excluding hydrogens is 471 g/mol. The molecule has 0 aliphatic rings. The molecule has 0 heterocycles. The van der Waals surface area contributed by atoms with Crippen molar-refractivity contribution in [1.82, 2.24) is 5.32 Å². The van der Waals surface area contributed by atoms with Gasteiger partial charge in [0.15, 0.2) is 0 Å². The van der Waals surface area contributed by atoms with E-state index in [2.05, 4.69) is 15.2 Å². The highest BCUT2D eigenvalue weighted by Gasteiger charge is 2.25. The fourth-order valence-electron chi connectivity index (χ4n) is 2.79. The number of nitrogens with one attached hydrogen (secondary N) is 1. The third-order valence-electron chi connectivity index (χ3n) is 4.43. The Morgan fingerprint density at radius 1 is 0.906 bits per heavy atom. The summed E-state index contributed by atoms with van der Waals surface area (Å²) in [5.74, 6) is -1.30. The summed E-state index contributed by atoms with van der Waals surface area (Å²) in [4.78, 5) is 33.1. The van der Waals surface area contributed by atoms with Gasteiger partial charge in [0.05, 0.1) is 16.6 Å². The summed E-state index contributed by atoms with van der Waals surface area (Å²) >= 11 is 18.1. The van der Waals surface area contributed by atoms with E-state index in [9.17, 15) is 9.59 Å². The Bertz CT molecular complexity index is 1250. The lowest BCUT2D eigenvalue weighted by atomic mass is 10.1. The zero-order valence-corrected chi connectivity index (χ0v) is 18.6. The van der Waals surface area contributed by atoms with E-state index < -0.39 is 17.9 Å². The summed E-state index contributed by atoms with van der Waals surface area (Å²) in [6, 6.07) is 16.3. The lowest BCUT2D eigenvalue weighted by molar-refractivity contribution is -0.119. The Morgan fingerprint density at radius 3 is 2.25 bits per heavy atom. The Labute approximate surface area is 199 Å². The smallest absolute Gasteiger partial charge is 0.274 e. The predicted molar refractivity (Wildman–Crippen MR) is 127 cm³/mol. The minimum absolute atomic E-state index is 0.000589. The number of carbonyl (C=O) groups is 2. The third-order valence-corrected chi connectivity index (χ3v) is 5.47. The third kappa shape index (κ3) is 5.45. The molecule has 0 bridgehead atoms. The summed E-state index contributed by atoms with van der Waals surface area (Å²) in [5, 5.41) is 3.25. The first-order valence-electron chi connectivity index (χ1n) is 9.16. The summed E-state index contributed by atoms with van der Waals surface area (Å²) < 4.78 is 0. The molecular formula is C23H15Cl3N4O2. The van der Waals surface area contributed by atoms with Gasteiger partial charge >= 0.3 is 0 Å². The van der Waals surface area contributed by atoms with Crippen molar-refractivity contribution in [3.8, 4) is 0 Å². The van der Waals surface area contributed by atoms with Gasteiger partial charge < -0.3 is 11.1 Å². The van der Waals surface area contributed by atoms with Gasteiger partial charge in [-0.25, -0.2) is 4.85 Å². The molecule has 6 nitrogen and oxygen atoms in total. The average Bonchev–Trinajstić information content (AvgIpc) is 2.79. The Kier molecular flexibility index (Phi) is 7.49. The molecule has 0 radical (unpaired) electrons. The number of amides is 2. The summed E-state index contributed by atoms with van der Waals surface area (Å²) in [7, 11) is 0. The molecule has 160 valence electrons. The number of benzene rings is 3. The van der Waals surface area contributed by atoms with Gasteiger partial charge in [0, 0.05) is 16.1 Å². The first-order chi connectivity index (χ1) is 15.3. The lowest BCUT2D eigenvalue weighted by Crippen LogP contribution is -2.34. The van der Waals surface area contributed by atoms with Crippen LogP contribution in [0.1, 0.15) is 27.5 Å². The zero-order chi connectivity index (χ0) is 23.3. The number of halogens is 3. The Balaban J connectivity index is 1.96. The number of nitrogens with two attached hydrogens (primary N) is 1. The molecule has 3 rings (SSSR count). The topological polar surface area (TPSA) is 88.9 Å². The molecule has 0 aromatic heterocycles. The molecule has 3 N–H and O–H groups in total. The van der Waals surface area contributed by atoms with Crippen LogP contribution in [0.2, 0.25) is 15.1 Å². The van der Waals surface area contributed by atoms with Crippen molar-refractivity contribution >= 4 is 58.1 Å². The van der Waals surface area contributed by atoms with Crippen molar-refractivity contribution in [2.75, 3.05) is 0 Å². The van der Waals surface area contributed by atoms with E-state index in [0.29, 0.717) is 16.1 Å². The maximum absolute atomic E-state index is 13.0. The van der Waals surface area contributed by atoms with Gasteiger partial charge in [-0.3, -0.25) is 9.59 Å². The molecule has 0 fully saturated rings. The van der Waals surface area contributed by atoms with Crippen molar-refractivity contribution in [2.45, 2.75) is 6.04 Å². The SMILES string of the molecule is [C-]#[N+]c1ccc(C(=O)NC(C(=O)N=C(N)c2ccccc2)c2ccc(Cl)c(Cl)c2)cc1Cl. The number of amidine groups is 1. The van der Waals surface area contributed by atoms with Gasteiger partial charge in [-0.2, -0.15) is 4.99 Å². The fraction of sp³-hybridized carbons (Fsp3) is 0.0435. The molecule has 0 saturated heterocycles. The predicted octanol–water partition coefficient (Wildman–Crippen LogP) is 5.60. The van der Waals surface area contributed by atoms with E-state index in [4.69, 9.17) is 47.1 Å². The molecule has 3 aromatic carbocycles. The largest absolute Gasteiger partial charge is 0.383 e. The lowest BCUT2D eigenvalue weighted by Gasteiger charge is -2.17. The van der Waals surface area contributed by atoms with Crippen molar-refractivity contribution in [2.24, 2.45) is 10.7 Å². The number of hydrogen-bond acceptors (Lipinski definition) is 2. The first-order valence-corrected chi connectivity index (χ1v) is 10.3. The second kappa shape index (κ2) is 10.3. The molecule has 32 heavy (non-hydrogen) atoms. The number of carbonyl (C=O) groups excluding carboxylic acids is 2. The summed E-state index contributed by atoms with van der Waals surface area (Å²) in [6.07, 6.45) is 0. The van der Waals surface area contributed by atoms with Crippen LogP contribution in [0.15, 0.2) is 71.7 Å². The first kappa shape index (κ1) is 23.3. The van der Waals surface area contributed by atoms with Crippen molar-refractivity contribution < 1.29 is 9.59 Å². The molecule has 1 unspecified atom stereocenters. The summed E-state index contributed by atoms with van der Waals surface area (Å²) in [5.41, 5.74) is 7.28. The van der Waals surface area contributed by atoms with Gasteiger partial charge in [-0.1, -0.05) is 83.3 Å². The molecule has 1 atom stereocenters. The average molecular weight is 486 g/mol. The van der Waals surface area contributed by atoms with E-state index in [1.165, 1.54) is 30.3 Å². The van der Waals surface area contributed by atoms with E-state index in [1.807, 2.05) is 6.07 Å². The molecule has 0 saturated carbocycles. The maximum Gasteiger partial charge on any atom is 0.274 e. The monoisotopic (exact) mass is 484 g/mol. The van der Waals surface area contributed by atoms with Gasteiger partial charge in [0.25, 0.3) is 11.8 Å². The number of aliphatic imine (C=N–C) groups is 1. The van der Waals surface area contributed by atoms with Gasteiger partial charge in [0.2, 0.25) is 5.69 Å². The van der Waals surface area contributed by atoms with Crippen molar-refractivity contribution in [3.05, 3.63) is 110 Å². The standard InChI is InChI=1S/C23H15Cl3N4O2/c1-28-19-10-8-15(12-18(19)26)22(31)29-20(14-7-9-16(24)17(25)11-14)23(32)30-21(27)13-5-3-2-4-6-13/h2-12,20H,(H,29,31)(H2,27,30,32). The van der Waals surface area contributed by atoms with Gasteiger partial charge in [0.1, 0.15) is 11.9 Å². The van der Waals surface area contributed by atoms with E-state index in [0.717, 1.165) is 0 Å². The minimum Gasteiger partial charge on any atom is -0.383 e. The van der Waals surface area contributed by atoms with Crippen LogP contribution >= 0.6 is 34.8 Å². The molecule has 9 heteroatoms. The molecule has 3 aromatic rings. The van der Waals surface area contributed by atoms with E-state index in [-0.39, 0.29) is 27.1 Å². The van der Waals surface area contributed by atoms with Crippen molar-refractivity contribution in [1.29, 1.82) is 0 Å². The van der Waals surface area contributed by atoms with Crippen molar-refractivity contribution in [3.63, 3.8) is 0 Å². The van der Waals surface area contributed by atoms with Crippen LogP contribution in [-0.4, -0.2) is 17.6 Å². The van der Waals surface area contributed by atoms with E-state index in [1.54, 1.807) is 30.3 Å². The highest BCUT2D eigenvalue weighted by molar-refractivity contribution is 6.42. The zero-order valence-electron chi connectivity index (χ0n) is 16.4. The van der Waals surface area contributed by atoms with Crippen LogP contribution in [0.5, 0.6) is 0 Å². The van der Waals surface area contributed by atoms with Gasteiger partial charge in [-0.15, -0.1) is 0 Å². The normalized spacial score (nSPS) is 12.0. The van der Waals surface area contributed by atoms with Crippen LogP contribution in [0, 0.1) is 6.57 Å². The fourth-order valence-corrected chi connectivity index (χ4v) is 3.32. The quantitative estimate of drug-likeness (QED) is 0.280. The van der Waals surface area contributed by atoms with Crippen LogP contribution in [0.4, 0.5) is 5.69 Å². The molecule has 0 spiro atoms. The minimum atomic E-state index is -1.20. The van der Waals surface area contributed by atoms with Crippen LogP contribution in [0.3, 0.4) is 0 Å². The Morgan fingerprint density at radius 2 is 1.62 bits per heavy atom. The Hall–Kier alpha value is -3.37.